The van der Waals surface area contributed by atoms with Gasteiger partial charge in [0.25, 0.3) is 0 Å². The minimum atomic E-state index is 0.280. The summed E-state index contributed by atoms with van der Waals surface area (Å²) in [5.74, 6) is 1.28. The molecule has 0 amide bonds. The van der Waals surface area contributed by atoms with E-state index in [0.717, 1.165) is 33.8 Å². The van der Waals surface area contributed by atoms with Crippen molar-refractivity contribution in [2.75, 3.05) is 5.32 Å². The van der Waals surface area contributed by atoms with Gasteiger partial charge in [-0.2, -0.15) is 9.36 Å². The number of hydrogen-bond acceptors (Lipinski definition) is 7. The second-order valence-corrected chi connectivity index (χ2v) is 7.54. The molecule has 0 radical (unpaired) electrons. The maximum absolute atomic E-state index is 6.22. The van der Waals surface area contributed by atoms with Gasteiger partial charge in [-0.25, -0.2) is 4.98 Å². The van der Waals surface area contributed by atoms with Gasteiger partial charge in [0, 0.05) is 0 Å². The summed E-state index contributed by atoms with van der Waals surface area (Å²) in [5.41, 5.74) is 1.92. The van der Waals surface area contributed by atoms with Gasteiger partial charge < -0.3 is 10.1 Å². The molecule has 23 heavy (non-hydrogen) atoms. The number of rotatable bonds is 4. The van der Waals surface area contributed by atoms with Crippen LogP contribution >= 0.6 is 22.9 Å². The Morgan fingerprint density at radius 2 is 2.09 bits per heavy atom. The van der Waals surface area contributed by atoms with Gasteiger partial charge in [-0.1, -0.05) is 6.42 Å². The van der Waals surface area contributed by atoms with Crippen molar-refractivity contribution < 1.29 is 4.74 Å². The van der Waals surface area contributed by atoms with Gasteiger partial charge in [-0.15, -0.1) is 11.3 Å². The number of hydrogen-bond donors (Lipinski definition) is 1. The number of aryl methyl sites for hydroxylation is 1. The quantitative estimate of drug-likeness (QED) is 0.727. The average Bonchev–Trinajstić information content (AvgIpc) is 3.17. The van der Waals surface area contributed by atoms with Gasteiger partial charge in [-0.3, -0.25) is 0 Å². The van der Waals surface area contributed by atoms with Crippen LogP contribution in [0.1, 0.15) is 37.8 Å². The Morgan fingerprint density at radius 3 is 2.87 bits per heavy atom. The van der Waals surface area contributed by atoms with Gasteiger partial charge in [0.15, 0.2) is 0 Å². The van der Waals surface area contributed by atoms with E-state index in [1.54, 1.807) is 11.3 Å². The Labute approximate surface area is 142 Å². The Kier molecular flexibility index (Phi) is 4.13. The van der Waals surface area contributed by atoms with E-state index in [9.17, 15) is 0 Å². The van der Waals surface area contributed by atoms with Crippen LogP contribution in [-0.4, -0.2) is 20.4 Å². The van der Waals surface area contributed by atoms with Crippen molar-refractivity contribution >= 4 is 44.0 Å². The number of thiophene rings is 1. The van der Waals surface area contributed by atoms with Crippen LogP contribution in [0.25, 0.3) is 10.2 Å². The fourth-order valence-corrected chi connectivity index (χ4v) is 4.26. The molecule has 3 heterocycles. The molecule has 0 bridgehead atoms. The molecular weight excluding hydrogens is 328 g/mol. The lowest BCUT2D eigenvalue weighted by molar-refractivity contribution is 0.151. The smallest absolute Gasteiger partial charge is 0.236 e. The number of fused-ring (bicyclic) bond motifs is 1. The summed E-state index contributed by atoms with van der Waals surface area (Å²) in [5, 5.41) is 6.22. The van der Waals surface area contributed by atoms with E-state index in [2.05, 4.69) is 19.7 Å². The van der Waals surface area contributed by atoms with Crippen molar-refractivity contribution in [2.24, 2.45) is 0 Å². The molecule has 0 saturated heterocycles. The van der Waals surface area contributed by atoms with Crippen molar-refractivity contribution in [1.29, 1.82) is 0 Å². The van der Waals surface area contributed by atoms with Gasteiger partial charge in [0.05, 0.1) is 11.2 Å². The summed E-state index contributed by atoms with van der Waals surface area (Å²) in [6.45, 7) is 1.97. The van der Waals surface area contributed by atoms with Crippen LogP contribution in [0.15, 0.2) is 17.5 Å². The Balaban J connectivity index is 1.63. The van der Waals surface area contributed by atoms with E-state index < -0.39 is 0 Å². The van der Waals surface area contributed by atoms with Crippen LogP contribution in [0, 0.1) is 6.92 Å². The van der Waals surface area contributed by atoms with Crippen LogP contribution in [0.2, 0.25) is 0 Å². The molecule has 1 aliphatic rings. The summed E-state index contributed by atoms with van der Waals surface area (Å²) in [4.78, 5) is 9.20. The summed E-state index contributed by atoms with van der Waals surface area (Å²) in [6.07, 6.45) is 6.32. The number of nitrogens with one attached hydrogen (secondary N) is 1. The summed E-state index contributed by atoms with van der Waals surface area (Å²) < 4.78 is 11.5. The SMILES string of the molecule is Cc1cc(Nc2nc(OC3CCCCC3)c3sccc3n2)sn1. The van der Waals surface area contributed by atoms with Gasteiger partial charge >= 0.3 is 0 Å². The topological polar surface area (TPSA) is 59.9 Å². The van der Waals surface area contributed by atoms with E-state index in [-0.39, 0.29) is 6.10 Å². The number of anilines is 2. The van der Waals surface area contributed by atoms with Crippen molar-refractivity contribution in [2.45, 2.75) is 45.1 Å². The third kappa shape index (κ3) is 3.30. The highest BCUT2D eigenvalue weighted by atomic mass is 32.1. The fourth-order valence-electron chi connectivity index (χ4n) is 2.85. The lowest BCUT2D eigenvalue weighted by Gasteiger charge is -2.22. The summed E-state index contributed by atoms with van der Waals surface area (Å²) in [6, 6.07) is 4.01. The molecule has 0 aliphatic heterocycles. The van der Waals surface area contributed by atoms with Gasteiger partial charge in [0.1, 0.15) is 15.8 Å². The first-order chi connectivity index (χ1) is 11.3. The van der Waals surface area contributed by atoms with Crippen molar-refractivity contribution in [1.82, 2.24) is 14.3 Å². The van der Waals surface area contributed by atoms with E-state index in [1.807, 2.05) is 24.4 Å². The molecule has 0 unspecified atom stereocenters. The van der Waals surface area contributed by atoms with E-state index in [4.69, 9.17) is 4.74 Å². The van der Waals surface area contributed by atoms with Crippen molar-refractivity contribution in [3.63, 3.8) is 0 Å². The molecule has 0 atom stereocenters. The molecule has 0 aromatic carbocycles. The van der Waals surface area contributed by atoms with Crippen LogP contribution < -0.4 is 10.1 Å². The van der Waals surface area contributed by atoms with Crippen LogP contribution in [0.3, 0.4) is 0 Å². The third-order valence-electron chi connectivity index (χ3n) is 3.97. The molecule has 1 N–H and O–H groups in total. The van der Waals surface area contributed by atoms with Gasteiger partial charge in [-0.05, 0) is 61.7 Å². The first-order valence-electron chi connectivity index (χ1n) is 7.90. The maximum Gasteiger partial charge on any atom is 0.236 e. The molecule has 1 aliphatic carbocycles. The molecule has 3 aromatic heterocycles. The first kappa shape index (κ1) is 14.8. The molecule has 1 saturated carbocycles. The highest BCUT2D eigenvalue weighted by Gasteiger charge is 2.19. The average molecular weight is 346 g/mol. The zero-order chi connectivity index (χ0) is 15.6. The zero-order valence-corrected chi connectivity index (χ0v) is 14.5. The van der Waals surface area contributed by atoms with Crippen molar-refractivity contribution in [3.8, 4) is 5.88 Å². The number of aromatic nitrogens is 3. The zero-order valence-electron chi connectivity index (χ0n) is 12.9. The van der Waals surface area contributed by atoms with E-state index in [0.29, 0.717) is 11.8 Å². The Hall–Kier alpha value is -1.73. The van der Waals surface area contributed by atoms with Crippen LogP contribution in [0.4, 0.5) is 10.9 Å². The number of ether oxygens (including phenoxy) is 1. The molecular formula is C16H18N4OS2. The maximum atomic E-state index is 6.22. The van der Waals surface area contributed by atoms with Crippen molar-refractivity contribution in [3.05, 3.63) is 23.2 Å². The molecule has 7 heteroatoms. The second-order valence-electron chi connectivity index (χ2n) is 5.82. The minimum Gasteiger partial charge on any atom is -0.473 e. The monoisotopic (exact) mass is 346 g/mol. The number of nitrogens with zero attached hydrogens (tertiary/aromatic N) is 3. The standard InChI is InChI=1S/C16H18N4OS2/c1-10-9-13(23-20-10)18-16-17-12-7-8-22-14(12)15(19-16)21-11-5-3-2-4-6-11/h7-9,11H,2-6H2,1H3,(H,17,18,19). The van der Waals surface area contributed by atoms with Gasteiger partial charge in [0.2, 0.25) is 11.8 Å². The third-order valence-corrected chi connectivity index (χ3v) is 5.65. The van der Waals surface area contributed by atoms with E-state index >= 15 is 0 Å². The van der Waals surface area contributed by atoms with Crippen LogP contribution in [-0.2, 0) is 0 Å². The largest absolute Gasteiger partial charge is 0.473 e. The minimum absolute atomic E-state index is 0.280. The highest BCUT2D eigenvalue weighted by molar-refractivity contribution is 7.17. The molecule has 3 aromatic rings. The first-order valence-corrected chi connectivity index (χ1v) is 9.55. The highest BCUT2D eigenvalue weighted by Crippen LogP contribution is 2.33. The summed E-state index contributed by atoms with van der Waals surface area (Å²) in [7, 11) is 0. The predicted octanol–water partition coefficient (Wildman–Crippen LogP) is 4.91. The summed E-state index contributed by atoms with van der Waals surface area (Å²) >= 11 is 3.05. The second kappa shape index (κ2) is 6.41. The Morgan fingerprint density at radius 1 is 1.22 bits per heavy atom. The molecule has 120 valence electrons. The molecule has 0 spiro atoms. The lowest BCUT2D eigenvalue weighted by atomic mass is 9.98. The fraction of sp³-hybridized carbons (Fsp3) is 0.438. The lowest BCUT2D eigenvalue weighted by Crippen LogP contribution is -2.20. The molecule has 5 nitrogen and oxygen atoms in total. The normalized spacial score (nSPS) is 15.9. The molecule has 1 fully saturated rings. The predicted molar refractivity (Wildman–Crippen MR) is 95.0 cm³/mol. The van der Waals surface area contributed by atoms with Crippen LogP contribution in [0.5, 0.6) is 5.88 Å². The molecule has 4 rings (SSSR count). The Bertz CT molecular complexity index is 807. The van der Waals surface area contributed by atoms with E-state index in [1.165, 1.54) is 30.8 Å².